The van der Waals surface area contributed by atoms with Crippen LogP contribution in [0.2, 0.25) is 0 Å². The average Bonchev–Trinajstić information content (AvgIpc) is 3.15. The third-order valence-electron chi connectivity index (χ3n) is 4.53. The number of benzene rings is 1. The largest absolute Gasteiger partial charge is 0.503 e. The number of anilines is 1. The molecule has 0 saturated heterocycles. The Balaban J connectivity index is 2.14. The minimum Gasteiger partial charge on any atom is -0.503 e. The Bertz CT molecular complexity index is 877. The number of carbonyl (C=O) groups is 2. The molecule has 26 heavy (non-hydrogen) atoms. The van der Waals surface area contributed by atoms with Gasteiger partial charge in [-0.25, -0.2) is 0 Å². The van der Waals surface area contributed by atoms with E-state index in [9.17, 15) is 14.7 Å². The normalized spacial score (nSPS) is 17.5. The van der Waals surface area contributed by atoms with Crippen molar-refractivity contribution in [1.29, 1.82) is 0 Å². The molecule has 0 bridgehead atoms. The van der Waals surface area contributed by atoms with Crippen LogP contribution in [0.15, 0.2) is 52.3 Å². The number of nitrogens with zero attached hydrogens (tertiary/aromatic N) is 1. The van der Waals surface area contributed by atoms with Gasteiger partial charge in [0.05, 0.1) is 11.8 Å². The lowest BCUT2D eigenvalue weighted by Crippen LogP contribution is -2.31. The van der Waals surface area contributed by atoms with Crippen LogP contribution in [0, 0.1) is 19.8 Å². The predicted octanol–water partition coefficient (Wildman–Crippen LogP) is 4.41. The first kappa shape index (κ1) is 18.0. The van der Waals surface area contributed by atoms with Crippen molar-refractivity contribution < 1.29 is 19.1 Å². The molecule has 1 atom stereocenters. The topological polar surface area (TPSA) is 70.8 Å². The molecule has 3 rings (SSSR count). The molecule has 1 N–H and O–H groups in total. The van der Waals surface area contributed by atoms with Gasteiger partial charge in [-0.3, -0.25) is 14.5 Å². The first-order valence-electron chi connectivity index (χ1n) is 8.71. The Morgan fingerprint density at radius 1 is 1.27 bits per heavy atom. The Kier molecular flexibility index (Phi) is 4.72. The van der Waals surface area contributed by atoms with E-state index in [4.69, 9.17) is 4.42 Å². The fourth-order valence-electron chi connectivity index (χ4n) is 3.41. The second-order valence-electron chi connectivity index (χ2n) is 7.17. The van der Waals surface area contributed by atoms with Crippen LogP contribution in [-0.4, -0.2) is 16.8 Å². The minimum absolute atomic E-state index is 0.110. The lowest BCUT2D eigenvalue weighted by molar-refractivity contribution is -0.118. The molecule has 5 heteroatoms. The number of hydrogen-bond donors (Lipinski definition) is 1. The summed E-state index contributed by atoms with van der Waals surface area (Å²) in [5, 5.41) is 10.5. The maximum Gasteiger partial charge on any atom is 0.294 e. The van der Waals surface area contributed by atoms with E-state index >= 15 is 0 Å². The molecule has 1 aliphatic rings. The van der Waals surface area contributed by atoms with E-state index in [-0.39, 0.29) is 23.7 Å². The summed E-state index contributed by atoms with van der Waals surface area (Å²) in [7, 11) is 0. The highest BCUT2D eigenvalue weighted by atomic mass is 16.3. The highest BCUT2D eigenvalue weighted by Gasteiger charge is 2.45. The van der Waals surface area contributed by atoms with Crippen LogP contribution in [0.3, 0.4) is 0 Å². The van der Waals surface area contributed by atoms with Gasteiger partial charge in [0.25, 0.3) is 5.91 Å². The van der Waals surface area contributed by atoms with Crippen molar-refractivity contribution in [1.82, 2.24) is 0 Å². The summed E-state index contributed by atoms with van der Waals surface area (Å²) in [5.41, 5.74) is 2.72. The fourth-order valence-corrected chi connectivity index (χ4v) is 3.41. The quantitative estimate of drug-likeness (QED) is 0.864. The van der Waals surface area contributed by atoms with E-state index in [0.717, 1.165) is 11.1 Å². The van der Waals surface area contributed by atoms with Gasteiger partial charge in [0.15, 0.2) is 11.5 Å². The average molecular weight is 353 g/mol. The number of ketones is 1. The van der Waals surface area contributed by atoms with Gasteiger partial charge < -0.3 is 9.52 Å². The third-order valence-corrected chi connectivity index (χ3v) is 4.53. The number of hydrogen-bond acceptors (Lipinski definition) is 4. The van der Waals surface area contributed by atoms with Crippen LogP contribution in [0.25, 0.3) is 0 Å². The molecule has 2 heterocycles. The summed E-state index contributed by atoms with van der Waals surface area (Å²) in [6.45, 7) is 7.73. The summed E-state index contributed by atoms with van der Waals surface area (Å²) in [6.07, 6.45) is 1.75. The smallest absolute Gasteiger partial charge is 0.294 e. The zero-order valence-corrected chi connectivity index (χ0v) is 15.4. The number of Topliss-reactive ketones (excluding diaryl/α,β-unsaturated/α-hetero) is 1. The van der Waals surface area contributed by atoms with E-state index < -0.39 is 17.7 Å². The SMILES string of the molecule is Cc1ccc(N2C(=O)C(O)=C(C(=O)CC(C)C)C2c2ccco2)c(C)c1. The number of amides is 1. The zero-order chi connectivity index (χ0) is 19.0. The molecule has 0 spiro atoms. The standard InChI is InChI=1S/C21H23NO4/c1-12(2)10-16(23)18-19(17-6-5-9-26-17)22(21(25)20(18)24)15-8-7-13(3)11-14(15)4/h5-9,11-12,19,24H,10H2,1-4H3. The van der Waals surface area contributed by atoms with E-state index in [2.05, 4.69) is 0 Å². The molecule has 2 aromatic rings. The summed E-state index contributed by atoms with van der Waals surface area (Å²) < 4.78 is 5.52. The van der Waals surface area contributed by atoms with E-state index in [1.807, 2.05) is 45.9 Å². The molecule has 1 aliphatic heterocycles. The van der Waals surface area contributed by atoms with Crippen molar-refractivity contribution in [2.75, 3.05) is 4.90 Å². The number of aryl methyl sites for hydroxylation is 2. The van der Waals surface area contributed by atoms with Crippen molar-refractivity contribution in [3.8, 4) is 0 Å². The molecule has 0 saturated carbocycles. The van der Waals surface area contributed by atoms with E-state index in [1.165, 1.54) is 11.2 Å². The molecule has 1 aromatic heterocycles. The second-order valence-corrected chi connectivity index (χ2v) is 7.17. The summed E-state index contributed by atoms with van der Waals surface area (Å²) >= 11 is 0. The maximum atomic E-state index is 12.9. The molecule has 0 aliphatic carbocycles. The van der Waals surface area contributed by atoms with Gasteiger partial charge in [-0.05, 0) is 43.5 Å². The molecule has 0 radical (unpaired) electrons. The number of aliphatic hydroxyl groups is 1. The van der Waals surface area contributed by atoms with Crippen LogP contribution >= 0.6 is 0 Å². The lowest BCUT2D eigenvalue weighted by atomic mass is 9.95. The summed E-state index contributed by atoms with van der Waals surface area (Å²) in [4.78, 5) is 27.1. The van der Waals surface area contributed by atoms with Crippen LogP contribution < -0.4 is 4.90 Å². The molecule has 1 unspecified atom stereocenters. The molecule has 5 nitrogen and oxygen atoms in total. The predicted molar refractivity (Wildman–Crippen MR) is 99.0 cm³/mol. The van der Waals surface area contributed by atoms with Crippen molar-refractivity contribution in [3.63, 3.8) is 0 Å². The molecular formula is C21H23NO4. The lowest BCUT2D eigenvalue weighted by Gasteiger charge is -2.26. The first-order valence-corrected chi connectivity index (χ1v) is 8.71. The van der Waals surface area contributed by atoms with Gasteiger partial charge >= 0.3 is 0 Å². The highest BCUT2D eigenvalue weighted by molar-refractivity contribution is 6.16. The van der Waals surface area contributed by atoms with Gasteiger partial charge in [0.2, 0.25) is 0 Å². The minimum atomic E-state index is -0.759. The van der Waals surface area contributed by atoms with Crippen LogP contribution in [0.1, 0.15) is 43.2 Å². The first-order chi connectivity index (χ1) is 12.3. The Morgan fingerprint density at radius 3 is 2.58 bits per heavy atom. The number of carbonyl (C=O) groups excluding carboxylic acids is 2. The van der Waals surface area contributed by atoms with Crippen LogP contribution in [0.4, 0.5) is 5.69 Å². The molecule has 1 amide bonds. The van der Waals surface area contributed by atoms with Gasteiger partial charge in [-0.2, -0.15) is 0 Å². The third kappa shape index (κ3) is 3.05. The number of rotatable bonds is 5. The maximum absolute atomic E-state index is 12.9. The van der Waals surface area contributed by atoms with Crippen LogP contribution in [0.5, 0.6) is 0 Å². The van der Waals surface area contributed by atoms with Crippen molar-refractivity contribution in [2.45, 2.75) is 40.2 Å². The molecule has 0 fully saturated rings. The summed E-state index contributed by atoms with van der Waals surface area (Å²) in [5.74, 6) is -0.734. The number of furan rings is 1. The van der Waals surface area contributed by atoms with E-state index in [0.29, 0.717) is 11.4 Å². The fraction of sp³-hybridized carbons (Fsp3) is 0.333. The van der Waals surface area contributed by atoms with E-state index in [1.54, 1.807) is 12.1 Å². The van der Waals surface area contributed by atoms with Crippen molar-refractivity contribution >= 4 is 17.4 Å². The highest BCUT2D eigenvalue weighted by Crippen LogP contribution is 2.42. The van der Waals surface area contributed by atoms with Crippen LogP contribution in [-0.2, 0) is 9.59 Å². The van der Waals surface area contributed by atoms with Gasteiger partial charge in [-0.15, -0.1) is 0 Å². The molecule has 136 valence electrons. The Labute approximate surface area is 152 Å². The monoisotopic (exact) mass is 353 g/mol. The van der Waals surface area contributed by atoms with Crippen molar-refractivity contribution in [3.05, 3.63) is 64.8 Å². The zero-order valence-electron chi connectivity index (χ0n) is 15.4. The Morgan fingerprint density at radius 2 is 2.00 bits per heavy atom. The van der Waals surface area contributed by atoms with Gasteiger partial charge in [0, 0.05) is 12.1 Å². The molecule has 1 aromatic carbocycles. The Hall–Kier alpha value is -2.82. The molecular weight excluding hydrogens is 330 g/mol. The van der Waals surface area contributed by atoms with Gasteiger partial charge in [-0.1, -0.05) is 31.5 Å². The summed E-state index contributed by atoms with van der Waals surface area (Å²) in [6, 6.07) is 8.37. The number of aliphatic hydroxyl groups excluding tert-OH is 1. The van der Waals surface area contributed by atoms with Crippen molar-refractivity contribution in [2.24, 2.45) is 5.92 Å². The second kappa shape index (κ2) is 6.83. The van der Waals surface area contributed by atoms with Gasteiger partial charge in [0.1, 0.15) is 11.8 Å².